The summed E-state index contributed by atoms with van der Waals surface area (Å²) in [6.07, 6.45) is 8.97. The number of benzene rings is 2. The molecule has 0 bridgehead atoms. The van der Waals surface area contributed by atoms with Crippen molar-refractivity contribution < 1.29 is 14.4 Å². The molecule has 7 N–H and O–H groups in total. The van der Waals surface area contributed by atoms with Crippen molar-refractivity contribution in [2.45, 2.75) is 70.9 Å². The maximum atomic E-state index is 11.6. The van der Waals surface area contributed by atoms with Crippen LogP contribution in [0.5, 0.6) is 0 Å². The number of H-pyrrole nitrogens is 1. The Hall–Kier alpha value is -5.52. The fraction of sp³-hybridized carbons (Fsp3) is 0.314. The summed E-state index contributed by atoms with van der Waals surface area (Å²) in [6.45, 7) is 1.31. The van der Waals surface area contributed by atoms with Crippen LogP contribution in [0, 0.1) is 0 Å². The molecule has 12 nitrogen and oxygen atoms in total. The van der Waals surface area contributed by atoms with Crippen molar-refractivity contribution in [3.63, 3.8) is 0 Å². The van der Waals surface area contributed by atoms with Crippen LogP contribution < -0.4 is 17.2 Å². The molecule has 0 atom stereocenters. The molecule has 3 heterocycles. The van der Waals surface area contributed by atoms with Crippen molar-refractivity contribution >= 4 is 17.7 Å². The lowest BCUT2D eigenvalue weighted by atomic mass is 10.2. The van der Waals surface area contributed by atoms with E-state index in [1.165, 1.54) is 11.3 Å². The summed E-state index contributed by atoms with van der Waals surface area (Å²) in [5.41, 5.74) is 26.2. The molecule has 0 fully saturated rings. The number of primary amides is 3. The summed E-state index contributed by atoms with van der Waals surface area (Å²) < 4.78 is 3.68. The summed E-state index contributed by atoms with van der Waals surface area (Å²) in [5, 5.41) is 15.5. The summed E-state index contributed by atoms with van der Waals surface area (Å²) in [4.78, 5) is 33.7. The molecule has 242 valence electrons. The van der Waals surface area contributed by atoms with Crippen LogP contribution >= 0.6 is 0 Å². The SMILES string of the molecule is NC(=O)c1c2c(nn1Cc1ccccc1)CCC2.NC(=O)c1n[nH]c2c1CCC2.NC(=O)c1nn(Cc2ccccc2)c2c1CCC2. The van der Waals surface area contributed by atoms with Crippen LogP contribution in [0.15, 0.2) is 60.7 Å². The summed E-state index contributed by atoms with van der Waals surface area (Å²) >= 11 is 0. The van der Waals surface area contributed by atoms with Gasteiger partial charge in [0.2, 0.25) is 0 Å². The van der Waals surface area contributed by atoms with Gasteiger partial charge in [-0.2, -0.15) is 15.3 Å². The Morgan fingerprint density at radius 2 is 1.19 bits per heavy atom. The lowest BCUT2D eigenvalue weighted by molar-refractivity contribution is 0.0982. The van der Waals surface area contributed by atoms with Gasteiger partial charge >= 0.3 is 0 Å². The zero-order valence-corrected chi connectivity index (χ0v) is 26.2. The lowest BCUT2D eigenvalue weighted by Gasteiger charge is -2.06. The van der Waals surface area contributed by atoms with Crippen LogP contribution in [0.1, 0.15) is 95.6 Å². The number of carbonyl (C=O) groups is 3. The molecule has 2 aromatic carbocycles. The van der Waals surface area contributed by atoms with Crippen LogP contribution in [0.4, 0.5) is 0 Å². The minimum atomic E-state index is -0.426. The van der Waals surface area contributed by atoms with Crippen molar-refractivity contribution in [3.05, 3.63) is 123 Å². The molecule has 3 amide bonds. The first-order valence-corrected chi connectivity index (χ1v) is 16.0. The molecule has 0 spiro atoms. The third-order valence-corrected chi connectivity index (χ3v) is 8.84. The second kappa shape index (κ2) is 13.9. The van der Waals surface area contributed by atoms with E-state index in [-0.39, 0.29) is 5.91 Å². The van der Waals surface area contributed by atoms with Gasteiger partial charge in [0.15, 0.2) is 11.4 Å². The Labute approximate surface area is 272 Å². The molecule has 0 unspecified atom stereocenters. The third kappa shape index (κ3) is 6.86. The van der Waals surface area contributed by atoms with E-state index < -0.39 is 11.8 Å². The highest BCUT2D eigenvalue weighted by Crippen LogP contribution is 2.27. The van der Waals surface area contributed by atoms with E-state index in [9.17, 15) is 14.4 Å². The number of nitrogens with one attached hydrogen (secondary N) is 1. The highest BCUT2D eigenvalue weighted by atomic mass is 16.2. The first kappa shape index (κ1) is 31.5. The third-order valence-electron chi connectivity index (χ3n) is 8.84. The topological polar surface area (TPSA) is 194 Å². The van der Waals surface area contributed by atoms with Gasteiger partial charge in [0.1, 0.15) is 5.69 Å². The van der Waals surface area contributed by atoms with Gasteiger partial charge < -0.3 is 17.2 Å². The number of hydrogen-bond acceptors (Lipinski definition) is 6. The monoisotopic (exact) mass is 633 g/mol. The van der Waals surface area contributed by atoms with Gasteiger partial charge in [0.05, 0.1) is 18.8 Å². The Balaban J connectivity index is 0.000000127. The first-order chi connectivity index (χ1) is 22.8. The summed E-state index contributed by atoms with van der Waals surface area (Å²) in [5.74, 6) is -1.22. The van der Waals surface area contributed by atoms with Crippen LogP contribution in [0.3, 0.4) is 0 Å². The molecule has 0 saturated heterocycles. The fourth-order valence-corrected chi connectivity index (χ4v) is 6.71. The number of rotatable bonds is 7. The van der Waals surface area contributed by atoms with Crippen molar-refractivity contribution in [2.75, 3.05) is 0 Å². The van der Waals surface area contributed by atoms with Crippen LogP contribution in [-0.4, -0.2) is 47.5 Å². The van der Waals surface area contributed by atoms with Crippen LogP contribution in [0.25, 0.3) is 0 Å². The number of nitrogens with two attached hydrogens (primary N) is 3. The number of aromatic amines is 1. The number of hydrogen-bond donors (Lipinski definition) is 4. The van der Waals surface area contributed by atoms with Gasteiger partial charge in [-0.15, -0.1) is 0 Å². The largest absolute Gasteiger partial charge is 0.364 e. The highest BCUT2D eigenvalue weighted by molar-refractivity contribution is 5.93. The second-order valence-electron chi connectivity index (χ2n) is 12.0. The second-order valence-corrected chi connectivity index (χ2v) is 12.0. The fourth-order valence-electron chi connectivity index (χ4n) is 6.71. The van der Waals surface area contributed by atoms with Gasteiger partial charge in [-0.3, -0.25) is 28.8 Å². The average molecular weight is 634 g/mol. The zero-order chi connectivity index (χ0) is 32.9. The van der Waals surface area contributed by atoms with E-state index in [0.717, 1.165) is 91.4 Å². The van der Waals surface area contributed by atoms with Crippen LogP contribution in [-0.2, 0) is 51.6 Å². The Morgan fingerprint density at radius 1 is 0.617 bits per heavy atom. The molecule has 3 aliphatic rings. The molecule has 12 heteroatoms. The minimum absolute atomic E-state index is 0.374. The number of amides is 3. The normalized spacial score (nSPS) is 13.9. The quantitative estimate of drug-likeness (QED) is 0.213. The van der Waals surface area contributed by atoms with Gasteiger partial charge in [-0.25, -0.2) is 0 Å². The summed E-state index contributed by atoms with van der Waals surface area (Å²) in [7, 11) is 0. The number of carbonyl (C=O) groups excluding carboxylic acids is 3. The van der Waals surface area contributed by atoms with Crippen molar-refractivity contribution in [1.29, 1.82) is 0 Å². The Kier molecular flexibility index (Phi) is 9.28. The number of nitrogens with zero attached hydrogens (tertiary/aromatic N) is 5. The van der Waals surface area contributed by atoms with Gasteiger partial charge in [-0.1, -0.05) is 60.7 Å². The maximum absolute atomic E-state index is 11.6. The molecular weight excluding hydrogens is 594 g/mol. The smallest absolute Gasteiger partial charge is 0.269 e. The van der Waals surface area contributed by atoms with Crippen molar-refractivity contribution in [2.24, 2.45) is 17.2 Å². The average Bonchev–Trinajstić information content (AvgIpc) is 3.88. The van der Waals surface area contributed by atoms with E-state index in [1.807, 2.05) is 53.2 Å². The van der Waals surface area contributed by atoms with Crippen LogP contribution in [0.2, 0.25) is 0 Å². The molecule has 47 heavy (non-hydrogen) atoms. The number of aryl methyl sites for hydroxylation is 2. The van der Waals surface area contributed by atoms with E-state index in [4.69, 9.17) is 17.2 Å². The predicted octanol–water partition coefficient (Wildman–Crippen LogP) is 3.04. The first-order valence-electron chi connectivity index (χ1n) is 16.0. The van der Waals surface area contributed by atoms with Gasteiger partial charge in [0, 0.05) is 28.1 Å². The number of fused-ring (bicyclic) bond motifs is 3. The molecule has 3 aliphatic carbocycles. The maximum Gasteiger partial charge on any atom is 0.269 e. The van der Waals surface area contributed by atoms with Gasteiger partial charge in [-0.05, 0) is 68.9 Å². The van der Waals surface area contributed by atoms with Crippen molar-refractivity contribution in [3.8, 4) is 0 Å². The molecule has 0 saturated carbocycles. The predicted molar refractivity (Wildman–Crippen MR) is 176 cm³/mol. The molecule has 0 radical (unpaired) electrons. The van der Waals surface area contributed by atoms with E-state index in [1.54, 1.807) is 4.68 Å². The minimum Gasteiger partial charge on any atom is -0.364 e. The zero-order valence-electron chi connectivity index (χ0n) is 26.2. The Bertz CT molecular complexity index is 1910. The molecule has 8 rings (SSSR count). The van der Waals surface area contributed by atoms with E-state index in [0.29, 0.717) is 30.2 Å². The Morgan fingerprint density at radius 3 is 1.83 bits per heavy atom. The van der Waals surface area contributed by atoms with E-state index >= 15 is 0 Å². The molecule has 5 aromatic rings. The molecule has 3 aromatic heterocycles. The van der Waals surface area contributed by atoms with Gasteiger partial charge in [0.25, 0.3) is 17.7 Å². The standard InChI is InChI=1S/2C14H15N3O.C7H9N3O/c15-14(18)13-11-7-4-8-12(11)17(16-13)9-10-5-2-1-3-6-10;15-14(18)13-11-7-4-8-12(11)16-17(13)9-10-5-2-1-3-6-10;8-7(11)6-4-2-1-3-5(4)9-10-6/h2*1-3,5-6H,4,7-9H2,(H2,15,18);1-3H2,(H2,8,11)(H,9,10). The number of aromatic nitrogens is 6. The molecular formula is C35H39N9O3. The summed E-state index contributed by atoms with van der Waals surface area (Å²) in [6, 6.07) is 20.1. The van der Waals surface area contributed by atoms with E-state index in [2.05, 4.69) is 32.5 Å². The lowest BCUT2D eigenvalue weighted by Crippen LogP contribution is -2.19. The van der Waals surface area contributed by atoms with Crippen molar-refractivity contribution in [1.82, 2.24) is 29.8 Å². The molecule has 0 aliphatic heterocycles. The highest BCUT2D eigenvalue weighted by Gasteiger charge is 2.26.